The van der Waals surface area contributed by atoms with Gasteiger partial charge in [0.25, 0.3) is 0 Å². The monoisotopic (exact) mass is 294 g/mol. The van der Waals surface area contributed by atoms with Gasteiger partial charge < -0.3 is 9.47 Å². The summed E-state index contributed by atoms with van der Waals surface area (Å²) in [6.45, 7) is 0.559. The third kappa shape index (κ3) is 2.09. The van der Waals surface area contributed by atoms with Crippen LogP contribution in [0.1, 0.15) is 11.7 Å². The van der Waals surface area contributed by atoms with Crippen LogP contribution in [0.4, 0.5) is 0 Å². The molecule has 0 amide bonds. The van der Waals surface area contributed by atoms with Crippen LogP contribution in [0.3, 0.4) is 0 Å². The molecule has 1 aliphatic rings. The van der Waals surface area contributed by atoms with Crippen LogP contribution in [0.25, 0.3) is 11.4 Å². The number of hydrogen-bond acceptors (Lipinski definition) is 5. The molecule has 22 heavy (non-hydrogen) atoms. The lowest BCUT2D eigenvalue weighted by Crippen LogP contribution is -2.14. The zero-order valence-corrected chi connectivity index (χ0v) is 12.0. The Hall–Kier alpha value is -2.89. The fraction of sp³-hybridized carbons (Fsp3) is 0.188. The Morgan fingerprint density at radius 2 is 2.05 bits per heavy atom. The standard InChI is InChI=1S/C16H14N4O2/c1-21-12-7-8-13-14(9-12)22-15(11-5-3-2-4-6-11)10-20-16(13)17-18-19-20/h2-9,15H,10H2,1H3. The van der Waals surface area contributed by atoms with Gasteiger partial charge in [0.15, 0.2) is 5.82 Å². The lowest BCUT2D eigenvalue weighted by Gasteiger charge is -2.18. The minimum atomic E-state index is -0.156. The molecular weight excluding hydrogens is 280 g/mol. The van der Waals surface area contributed by atoms with Gasteiger partial charge in [-0.1, -0.05) is 30.3 Å². The van der Waals surface area contributed by atoms with Gasteiger partial charge in [-0.2, -0.15) is 0 Å². The second-order valence-electron chi connectivity index (χ2n) is 5.06. The number of rotatable bonds is 2. The van der Waals surface area contributed by atoms with Crippen LogP contribution < -0.4 is 9.47 Å². The Kier molecular flexibility index (Phi) is 3.00. The molecule has 4 rings (SSSR count). The maximum Gasteiger partial charge on any atom is 0.185 e. The molecule has 6 nitrogen and oxygen atoms in total. The minimum absolute atomic E-state index is 0.156. The molecule has 1 unspecified atom stereocenters. The van der Waals surface area contributed by atoms with E-state index < -0.39 is 0 Å². The Morgan fingerprint density at radius 3 is 2.86 bits per heavy atom. The molecule has 0 saturated heterocycles. The van der Waals surface area contributed by atoms with E-state index in [-0.39, 0.29) is 6.10 Å². The normalized spacial score (nSPS) is 16.1. The number of benzene rings is 2. The molecule has 0 N–H and O–H groups in total. The first-order chi connectivity index (χ1) is 10.8. The van der Waals surface area contributed by atoms with Crippen molar-refractivity contribution < 1.29 is 9.47 Å². The second kappa shape index (κ2) is 5.14. The van der Waals surface area contributed by atoms with Gasteiger partial charge in [-0.3, -0.25) is 0 Å². The topological polar surface area (TPSA) is 62.1 Å². The van der Waals surface area contributed by atoms with E-state index in [0.717, 1.165) is 22.6 Å². The fourth-order valence-electron chi connectivity index (χ4n) is 2.62. The van der Waals surface area contributed by atoms with E-state index in [1.54, 1.807) is 11.8 Å². The molecule has 1 aromatic heterocycles. The van der Waals surface area contributed by atoms with E-state index in [4.69, 9.17) is 9.47 Å². The maximum atomic E-state index is 6.22. The quantitative estimate of drug-likeness (QED) is 0.726. The molecule has 1 aliphatic heterocycles. The SMILES string of the molecule is COc1ccc2c(c1)OC(c1ccccc1)Cn1nnnc1-2. The van der Waals surface area contributed by atoms with Gasteiger partial charge >= 0.3 is 0 Å². The highest BCUT2D eigenvalue weighted by atomic mass is 16.5. The summed E-state index contributed by atoms with van der Waals surface area (Å²) >= 11 is 0. The van der Waals surface area contributed by atoms with Gasteiger partial charge in [0.2, 0.25) is 0 Å². The number of hydrogen-bond donors (Lipinski definition) is 0. The Balaban J connectivity index is 1.85. The highest BCUT2D eigenvalue weighted by molar-refractivity contribution is 5.66. The third-order valence-electron chi connectivity index (χ3n) is 3.74. The highest BCUT2D eigenvalue weighted by Gasteiger charge is 2.25. The van der Waals surface area contributed by atoms with Crippen LogP contribution in [0, 0.1) is 0 Å². The van der Waals surface area contributed by atoms with Gasteiger partial charge in [0, 0.05) is 6.07 Å². The maximum absolute atomic E-state index is 6.22. The van der Waals surface area contributed by atoms with Crippen LogP contribution in [-0.2, 0) is 6.54 Å². The molecule has 6 heteroatoms. The molecular formula is C16H14N4O2. The molecule has 0 radical (unpaired) electrons. The van der Waals surface area contributed by atoms with Crippen molar-refractivity contribution in [3.05, 3.63) is 54.1 Å². The van der Waals surface area contributed by atoms with Crippen molar-refractivity contribution in [1.82, 2.24) is 20.2 Å². The van der Waals surface area contributed by atoms with Gasteiger partial charge in [-0.15, -0.1) is 5.10 Å². The van der Waals surface area contributed by atoms with Crippen LogP contribution in [0.2, 0.25) is 0 Å². The van der Waals surface area contributed by atoms with Crippen molar-refractivity contribution in [1.29, 1.82) is 0 Å². The number of tetrazole rings is 1. The van der Waals surface area contributed by atoms with Crippen LogP contribution in [0.15, 0.2) is 48.5 Å². The summed E-state index contributed by atoms with van der Waals surface area (Å²) in [5, 5.41) is 12.0. The Morgan fingerprint density at radius 1 is 1.18 bits per heavy atom. The van der Waals surface area contributed by atoms with E-state index in [2.05, 4.69) is 15.5 Å². The summed E-state index contributed by atoms with van der Waals surface area (Å²) in [4.78, 5) is 0. The summed E-state index contributed by atoms with van der Waals surface area (Å²) in [6.07, 6.45) is -0.156. The molecule has 0 bridgehead atoms. The molecule has 110 valence electrons. The van der Waals surface area contributed by atoms with E-state index in [0.29, 0.717) is 12.4 Å². The predicted molar refractivity (Wildman–Crippen MR) is 79.6 cm³/mol. The zero-order valence-electron chi connectivity index (χ0n) is 12.0. The first kappa shape index (κ1) is 12.8. The first-order valence-corrected chi connectivity index (χ1v) is 7.01. The molecule has 0 spiro atoms. The van der Waals surface area contributed by atoms with E-state index in [1.165, 1.54) is 0 Å². The molecule has 0 aliphatic carbocycles. The van der Waals surface area contributed by atoms with Crippen LogP contribution >= 0.6 is 0 Å². The van der Waals surface area contributed by atoms with E-state index >= 15 is 0 Å². The molecule has 0 fully saturated rings. The van der Waals surface area contributed by atoms with Crippen molar-refractivity contribution in [3.8, 4) is 22.9 Å². The van der Waals surface area contributed by atoms with E-state index in [9.17, 15) is 0 Å². The van der Waals surface area contributed by atoms with Gasteiger partial charge in [-0.05, 0) is 28.1 Å². The molecule has 2 aromatic carbocycles. The van der Waals surface area contributed by atoms with Gasteiger partial charge in [0.1, 0.15) is 17.6 Å². The van der Waals surface area contributed by atoms with Crippen molar-refractivity contribution in [2.24, 2.45) is 0 Å². The van der Waals surface area contributed by atoms with Gasteiger partial charge in [-0.25, -0.2) is 4.68 Å². The largest absolute Gasteiger partial charge is 0.497 e. The van der Waals surface area contributed by atoms with Crippen LogP contribution in [-0.4, -0.2) is 27.3 Å². The number of nitrogens with zero attached hydrogens (tertiary/aromatic N) is 4. The molecule has 1 atom stereocenters. The average Bonchev–Trinajstić information content (AvgIpc) is 2.97. The van der Waals surface area contributed by atoms with E-state index in [1.807, 2.05) is 48.5 Å². The van der Waals surface area contributed by atoms with Crippen molar-refractivity contribution in [2.75, 3.05) is 7.11 Å². The zero-order chi connectivity index (χ0) is 14.9. The summed E-state index contributed by atoms with van der Waals surface area (Å²) in [5.41, 5.74) is 1.95. The minimum Gasteiger partial charge on any atom is -0.497 e. The Bertz CT molecular complexity index is 801. The lowest BCUT2D eigenvalue weighted by atomic mass is 10.1. The second-order valence-corrected chi connectivity index (χ2v) is 5.06. The summed E-state index contributed by atoms with van der Waals surface area (Å²) < 4.78 is 13.3. The lowest BCUT2D eigenvalue weighted by molar-refractivity contribution is 0.183. The smallest absolute Gasteiger partial charge is 0.185 e. The number of aromatic nitrogens is 4. The first-order valence-electron chi connectivity index (χ1n) is 7.01. The summed E-state index contributed by atoms with van der Waals surface area (Å²) in [7, 11) is 1.64. The predicted octanol–water partition coefficient (Wildman–Crippen LogP) is 2.48. The van der Waals surface area contributed by atoms with Crippen molar-refractivity contribution >= 4 is 0 Å². The third-order valence-corrected chi connectivity index (χ3v) is 3.74. The van der Waals surface area contributed by atoms with Gasteiger partial charge in [0.05, 0.1) is 19.2 Å². The summed E-state index contributed by atoms with van der Waals surface area (Å²) in [5.74, 6) is 2.17. The number of fused-ring (bicyclic) bond motifs is 3. The number of methoxy groups -OCH3 is 1. The summed E-state index contributed by atoms with van der Waals surface area (Å²) in [6, 6.07) is 15.7. The molecule has 2 heterocycles. The fourth-order valence-corrected chi connectivity index (χ4v) is 2.62. The highest BCUT2D eigenvalue weighted by Crippen LogP contribution is 2.38. The molecule has 3 aromatic rings. The average molecular weight is 294 g/mol. The number of ether oxygens (including phenoxy) is 2. The van der Waals surface area contributed by atoms with Crippen LogP contribution in [0.5, 0.6) is 11.5 Å². The molecule has 0 saturated carbocycles. The Labute approximate surface area is 127 Å². The van der Waals surface area contributed by atoms with Crippen molar-refractivity contribution in [2.45, 2.75) is 12.6 Å². The van der Waals surface area contributed by atoms with Crippen molar-refractivity contribution in [3.63, 3.8) is 0 Å².